The van der Waals surface area contributed by atoms with Crippen molar-refractivity contribution >= 4 is 0 Å². The van der Waals surface area contributed by atoms with Crippen LogP contribution in [0.25, 0.3) is 0 Å². The Labute approximate surface area is 89.1 Å². The lowest BCUT2D eigenvalue weighted by Gasteiger charge is -2.34. The van der Waals surface area contributed by atoms with Crippen molar-refractivity contribution in [3.8, 4) is 0 Å². The van der Waals surface area contributed by atoms with Gasteiger partial charge < -0.3 is 9.63 Å². The zero-order valence-corrected chi connectivity index (χ0v) is 9.18. The first kappa shape index (κ1) is 10.6. The van der Waals surface area contributed by atoms with Crippen molar-refractivity contribution in [3.05, 3.63) is 11.7 Å². The monoisotopic (exact) mass is 211 g/mol. The van der Waals surface area contributed by atoms with Gasteiger partial charge in [0.15, 0.2) is 5.82 Å². The molecule has 0 bridgehead atoms. The van der Waals surface area contributed by atoms with Gasteiger partial charge in [-0.3, -0.25) is 4.90 Å². The molecule has 0 unspecified atom stereocenters. The minimum Gasteiger partial charge on any atom is -0.390 e. The SMILES string of the molecule is CC(C)Cc1noc(CN2CC(O)C2)n1. The van der Waals surface area contributed by atoms with Crippen LogP contribution in [0.2, 0.25) is 0 Å². The van der Waals surface area contributed by atoms with Crippen molar-refractivity contribution in [1.82, 2.24) is 15.0 Å². The van der Waals surface area contributed by atoms with Crippen molar-refractivity contribution in [1.29, 1.82) is 0 Å². The molecule has 1 fully saturated rings. The average Bonchev–Trinajstić information content (AvgIpc) is 2.48. The van der Waals surface area contributed by atoms with Gasteiger partial charge in [0.2, 0.25) is 5.89 Å². The van der Waals surface area contributed by atoms with Gasteiger partial charge in [0, 0.05) is 19.5 Å². The van der Waals surface area contributed by atoms with Crippen LogP contribution in [0, 0.1) is 5.92 Å². The summed E-state index contributed by atoms with van der Waals surface area (Å²) in [4.78, 5) is 6.38. The molecule has 84 valence electrons. The number of hydrogen-bond donors (Lipinski definition) is 1. The molecule has 1 saturated heterocycles. The standard InChI is InChI=1S/C10H17N3O2/c1-7(2)3-9-11-10(15-12-9)6-13-4-8(14)5-13/h7-8,14H,3-6H2,1-2H3. The van der Waals surface area contributed by atoms with Crippen LogP contribution in [0.4, 0.5) is 0 Å². The second kappa shape index (κ2) is 4.28. The molecule has 5 heteroatoms. The Bertz CT molecular complexity index is 318. The summed E-state index contributed by atoms with van der Waals surface area (Å²) in [7, 11) is 0. The zero-order valence-electron chi connectivity index (χ0n) is 9.18. The number of aliphatic hydroxyl groups is 1. The van der Waals surface area contributed by atoms with Gasteiger partial charge in [0.1, 0.15) is 0 Å². The average molecular weight is 211 g/mol. The third-order valence-electron chi connectivity index (χ3n) is 2.40. The molecule has 15 heavy (non-hydrogen) atoms. The van der Waals surface area contributed by atoms with Crippen LogP contribution in [0.1, 0.15) is 25.6 Å². The Balaban J connectivity index is 1.84. The fraction of sp³-hybridized carbons (Fsp3) is 0.800. The normalized spacial score (nSPS) is 18.4. The highest BCUT2D eigenvalue weighted by Gasteiger charge is 2.25. The number of nitrogens with zero attached hydrogens (tertiary/aromatic N) is 3. The molecule has 5 nitrogen and oxygen atoms in total. The Hall–Kier alpha value is -0.940. The predicted octanol–water partition coefficient (Wildman–Crippen LogP) is 0.445. The van der Waals surface area contributed by atoms with E-state index < -0.39 is 0 Å². The maximum absolute atomic E-state index is 9.11. The van der Waals surface area contributed by atoms with Crippen molar-refractivity contribution in [3.63, 3.8) is 0 Å². The maximum Gasteiger partial charge on any atom is 0.240 e. The molecule has 0 radical (unpaired) electrons. The number of β-amino-alcohol motifs (C(OH)–C–C–N with tert-alkyl or cyclic N) is 1. The molecular weight excluding hydrogens is 194 g/mol. The second-order valence-corrected chi connectivity index (χ2v) is 4.55. The third-order valence-corrected chi connectivity index (χ3v) is 2.40. The summed E-state index contributed by atoms with van der Waals surface area (Å²) in [6.45, 7) is 6.33. The first-order valence-corrected chi connectivity index (χ1v) is 5.35. The highest BCUT2D eigenvalue weighted by molar-refractivity contribution is 4.90. The lowest BCUT2D eigenvalue weighted by Crippen LogP contribution is -2.49. The summed E-state index contributed by atoms with van der Waals surface area (Å²) in [6.07, 6.45) is 0.676. The lowest BCUT2D eigenvalue weighted by molar-refractivity contribution is -0.00806. The molecule has 1 aliphatic heterocycles. The van der Waals surface area contributed by atoms with Gasteiger partial charge >= 0.3 is 0 Å². The fourth-order valence-corrected chi connectivity index (χ4v) is 1.67. The van der Waals surface area contributed by atoms with Gasteiger partial charge in [-0.25, -0.2) is 0 Å². The number of aromatic nitrogens is 2. The largest absolute Gasteiger partial charge is 0.390 e. The van der Waals surface area contributed by atoms with Gasteiger partial charge in [-0.2, -0.15) is 4.98 Å². The molecule has 1 aromatic rings. The first-order chi connectivity index (χ1) is 7.13. The van der Waals surface area contributed by atoms with Crippen LogP contribution in [0.3, 0.4) is 0 Å². The van der Waals surface area contributed by atoms with Gasteiger partial charge in [0.05, 0.1) is 12.6 Å². The van der Waals surface area contributed by atoms with Gasteiger partial charge in [-0.1, -0.05) is 19.0 Å². The van der Waals surface area contributed by atoms with E-state index in [2.05, 4.69) is 28.9 Å². The van der Waals surface area contributed by atoms with Crippen molar-refractivity contribution < 1.29 is 9.63 Å². The van der Waals surface area contributed by atoms with Crippen molar-refractivity contribution in [2.24, 2.45) is 5.92 Å². The maximum atomic E-state index is 9.11. The van der Waals surface area contributed by atoms with E-state index in [4.69, 9.17) is 9.63 Å². The van der Waals surface area contributed by atoms with Gasteiger partial charge in [-0.15, -0.1) is 0 Å². The highest BCUT2D eigenvalue weighted by atomic mass is 16.5. The van der Waals surface area contributed by atoms with Crippen molar-refractivity contribution in [2.45, 2.75) is 32.9 Å². The molecule has 0 aromatic carbocycles. The number of aliphatic hydroxyl groups excluding tert-OH is 1. The highest BCUT2D eigenvalue weighted by Crippen LogP contribution is 2.12. The molecule has 1 aliphatic rings. The first-order valence-electron chi connectivity index (χ1n) is 5.35. The summed E-state index contributed by atoms with van der Waals surface area (Å²) in [5.41, 5.74) is 0. The molecule has 0 saturated carbocycles. The molecule has 0 amide bonds. The molecule has 0 aliphatic carbocycles. The fourth-order valence-electron chi connectivity index (χ4n) is 1.67. The number of rotatable bonds is 4. The van der Waals surface area contributed by atoms with E-state index in [1.165, 1.54) is 0 Å². The minimum absolute atomic E-state index is 0.178. The Morgan fingerprint density at radius 3 is 2.87 bits per heavy atom. The molecule has 2 heterocycles. The van der Waals surface area contributed by atoms with E-state index >= 15 is 0 Å². The molecule has 0 atom stereocenters. The quantitative estimate of drug-likeness (QED) is 0.783. The summed E-state index contributed by atoms with van der Waals surface area (Å²) >= 11 is 0. The van der Waals surface area contributed by atoms with E-state index in [9.17, 15) is 0 Å². The Morgan fingerprint density at radius 1 is 1.53 bits per heavy atom. The second-order valence-electron chi connectivity index (χ2n) is 4.55. The van der Waals surface area contributed by atoms with Crippen LogP contribution < -0.4 is 0 Å². The number of likely N-dealkylation sites (tertiary alicyclic amines) is 1. The van der Waals surface area contributed by atoms with Crippen LogP contribution in [-0.4, -0.2) is 39.3 Å². The third kappa shape index (κ3) is 2.76. The van der Waals surface area contributed by atoms with Gasteiger partial charge in [-0.05, 0) is 5.92 Å². The molecule has 1 N–H and O–H groups in total. The Kier molecular flexibility index (Phi) is 3.02. The van der Waals surface area contributed by atoms with E-state index in [0.29, 0.717) is 31.4 Å². The summed E-state index contributed by atoms with van der Waals surface area (Å²) in [5, 5.41) is 13.0. The zero-order chi connectivity index (χ0) is 10.8. The number of hydrogen-bond acceptors (Lipinski definition) is 5. The van der Waals surface area contributed by atoms with E-state index in [-0.39, 0.29) is 6.10 Å². The van der Waals surface area contributed by atoms with Crippen LogP contribution in [0.15, 0.2) is 4.52 Å². The molecule has 1 aromatic heterocycles. The minimum atomic E-state index is -0.178. The van der Waals surface area contributed by atoms with E-state index in [1.807, 2.05) is 0 Å². The smallest absolute Gasteiger partial charge is 0.240 e. The summed E-state index contributed by atoms with van der Waals surface area (Å²) in [5.74, 6) is 1.97. The molecule has 2 rings (SSSR count). The van der Waals surface area contributed by atoms with Crippen molar-refractivity contribution in [2.75, 3.05) is 13.1 Å². The summed E-state index contributed by atoms with van der Waals surface area (Å²) in [6, 6.07) is 0. The van der Waals surface area contributed by atoms with Gasteiger partial charge in [0.25, 0.3) is 0 Å². The van der Waals surface area contributed by atoms with Crippen LogP contribution in [-0.2, 0) is 13.0 Å². The van der Waals surface area contributed by atoms with E-state index in [1.54, 1.807) is 0 Å². The van der Waals surface area contributed by atoms with Crippen LogP contribution in [0.5, 0.6) is 0 Å². The summed E-state index contributed by atoms with van der Waals surface area (Å²) < 4.78 is 5.12. The molecule has 0 spiro atoms. The predicted molar refractivity (Wildman–Crippen MR) is 54.1 cm³/mol. The molecular formula is C10H17N3O2. The van der Waals surface area contributed by atoms with E-state index in [0.717, 1.165) is 12.2 Å². The van der Waals surface area contributed by atoms with Crippen LogP contribution >= 0.6 is 0 Å². The Morgan fingerprint density at radius 2 is 2.27 bits per heavy atom. The lowest BCUT2D eigenvalue weighted by atomic mass is 10.1. The topological polar surface area (TPSA) is 62.4 Å².